The van der Waals surface area contributed by atoms with Crippen molar-refractivity contribution < 1.29 is 9.90 Å². The van der Waals surface area contributed by atoms with Gasteiger partial charge < -0.3 is 5.11 Å². The summed E-state index contributed by atoms with van der Waals surface area (Å²) in [4.78, 5) is 15.0. The van der Waals surface area contributed by atoms with Crippen molar-refractivity contribution in [2.24, 2.45) is 0 Å². The topological polar surface area (TPSA) is 50.2 Å². The molecule has 2 rings (SSSR count). The van der Waals surface area contributed by atoms with Gasteiger partial charge in [0.2, 0.25) is 0 Å². The molecule has 3 nitrogen and oxygen atoms in total. The van der Waals surface area contributed by atoms with E-state index in [1.807, 2.05) is 0 Å². The Morgan fingerprint density at radius 1 is 0.905 bits per heavy atom. The molecule has 2 aromatic rings. The predicted molar refractivity (Wildman–Crippen MR) is 86.7 cm³/mol. The van der Waals surface area contributed by atoms with Gasteiger partial charge in [0.05, 0.1) is 30.1 Å². The van der Waals surface area contributed by atoms with Gasteiger partial charge in [0.25, 0.3) is 0 Å². The monoisotopic (exact) mass is 403 g/mol. The number of benzene rings is 1. The molecule has 0 bridgehead atoms. The van der Waals surface area contributed by atoms with Crippen LogP contribution in [0.2, 0.25) is 30.1 Å². The van der Waals surface area contributed by atoms with E-state index in [-0.39, 0.29) is 47.0 Å². The molecule has 0 saturated carbocycles. The molecule has 1 heterocycles. The average Bonchev–Trinajstić information content (AvgIpc) is 2.43. The van der Waals surface area contributed by atoms with Crippen LogP contribution in [0.3, 0.4) is 0 Å². The summed E-state index contributed by atoms with van der Waals surface area (Å²) < 4.78 is 0. The second-order valence-electron chi connectivity index (χ2n) is 3.80. The van der Waals surface area contributed by atoms with E-state index in [0.29, 0.717) is 0 Å². The first-order chi connectivity index (χ1) is 9.75. The zero-order chi connectivity index (χ0) is 15.9. The number of hydrogen-bond acceptors (Lipinski definition) is 2. The normalized spacial score (nSPS) is 10.8. The first-order valence-corrected chi connectivity index (χ1v) is 7.43. The summed E-state index contributed by atoms with van der Waals surface area (Å²) in [5, 5.41) is 9.22. The molecule has 21 heavy (non-hydrogen) atoms. The molecule has 0 amide bonds. The molecule has 1 N–H and O–H groups in total. The van der Waals surface area contributed by atoms with E-state index in [1.54, 1.807) is 0 Å². The van der Waals surface area contributed by atoms with Gasteiger partial charge in [-0.2, -0.15) is 0 Å². The van der Waals surface area contributed by atoms with Gasteiger partial charge in [-0.05, 0) is 6.07 Å². The Balaban J connectivity index is 2.92. The largest absolute Gasteiger partial charge is 0.476 e. The van der Waals surface area contributed by atoms with Crippen LogP contribution in [0.4, 0.5) is 0 Å². The van der Waals surface area contributed by atoms with Crippen LogP contribution in [0, 0.1) is 0 Å². The van der Waals surface area contributed by atoms with Gasteiger partial charge in [0.15, 0.2) is 5.69 Å². The molecule has 0 fully saturated rings. The van der Waals surface area contributed by atoms with E-state index in [1.165, 1.54) is 12.3 Å². The lowest BCUT2D eigenvalue weighted by molar-refractivity contribution is 0.0691. The standard InChI is InChI=1S/C12H3Cl6NO2/c13-3-1-4(11(12(20)21)19-2-3)5-6(14)8(16)10(18)9(17)7(5)15/h1-2H,(H,20,21). The lowest BCUT2D eigenvalue weighted by atomic mass is 10.0. The summed E-state index contributed by atoms with van der Waals surface area (Å²) in [5.74, 6) is -1.28. The fraction of sp³-hybridized carbons (Fsp3) is 0. The van der Waals surface area contributed by atoms with Crippen LogP contribution in [-0.2, 0) is 0 Å². The smallest absolute Gasteiger partial charge is 0.355 e. The van der Waals surface area contributed by atoms with Crippen molar-refractivity contribution in [2.75, 3.05) is 0 Å². The minimum atomic E-state index is -1.28. The Bertz CT molecular complexity index is 733. The highest BCUT2D eigenvalue weighted by Crippen LogP contribution is 2.48. The van der Waals surface area contributed by atoms with Crippen molar-refractivity contribution in [3.8, 4) is 11.1 Å². The molecule has 0 unspecified atom stereocenters. The van der Waals surface area contributed by atoms with Gasteiger partial charge in [0.1, 0.15) is 0 Å². The van der Waals surface area contributed by atoms with E-state index < -0.39 is 5.97 Å². The molecule has 0 atom stereocenters. The Morgan fingerprint density at radius 3 is 1.86 bits per heavy atom. The number of carboxylic acid groups (broad SMARTS) is 1. The summed E-state index contributed by atoms with van der Waals surface area (Å²) in [7, 11) is 0. The lowest BCUT2D eigenvalue weighted by Gasteiger charge is -2.14. The lowest BCUT2D eigenvalue weighted by Crippen LogP contribution is -2.04. The van der Waals surface area contributed by atoms with Crippen LogP contribution in [-0.4, -0.2) is 16.1 Å². The second kappa shape index (κ2) is 6.37. The fourth-order valence-corrected chi connectivity index (χ4v) is 3.14. The highest BCUT2D eigenvalue weighted by molar-refractivity contribution is 6.56. The molecule has 0 radical (unpaired) electrons. The highest BCUT2D eigenvalue weighted by atomic mass is 35.5. The molecular formula is C12H3Cl6NO2. The van der Waals surface area contributed by atoms with E-state index in [4.69, 9.17) is 69.6 Å². The van der Waals surface area contributed by atoms with Gasteiger partial charge in [-0.15, -0.1) is 0 Å². The van der Waals surface area contributed by atoms with Crippen molar-refractivity contribution >= 4 is 75.6 Å². The number of hydrogen-bond donors (Lipinski definition) is 1. The molecule has 0 saturated heterocycles. The molecule has 1 aromatic carbocycles. The van der Waals surface area contributed by atoms with E-state index in [9.17, 15) is 9.90 Å². The third-order valence-corrected chi connectivity index (χ3v) is 5.02. The number of rotatable bonds is 2. The summed E-state index contributed by atoms with van der Waals surface area (Å²) in [5.41, 5.74) is -0.103. The third kappa shape index (κ3) is 3.04. The van der Waals surface area contributed by atoms with Crippen molar-refractivity contribution in [3.63, 3.8) is 0 Å². The van der Waals surface area contributed by atoms with E-state index in [2.05, 4.69) is 4.98 Å². The average molecular weight is 406 g/mol. The Labute approximate surface area is 149 Å². The van der Waals surface area contributed by atoms with Crippen LogP contribution in [0.5, 0.6) is 0 Å². The number of aromatic carboxylic acids is 1. The Kier molecular flexibility index (Phi) is 5.14. The molecule has 0 aliphatic rings. The van der Waals surface area contributed by atoms with Gasteiger partial charge >= 0.3 is 5.97 Å². The number of aromatic nitrogens is 1. The summed E-state index contributed by atoms with van der Waals surface area (Å²) in [6, 6.07) is 1.35. The van der Waals surface area contributed by atoms with E-state index >= 15 is 0 Å². The minimum Gasteiger partial charge on any atom is -0.476 e. The van der Waals surface area contributed by atoms with Crippen molar-refractivity contribution in [1.82, 2.24) is 4.98 Å². The maximum absolute atomic E-state index is 11.3. The highest BCUT2D eigenvalue weighted by Gasteiger charge is 2.24. The zero-order valence-electron chi connectivity index (χ0n) is 9.73. The Hall–Kier alpha value is -0.420. The van der Waals surface area contributed by atoms with Gasteiger partial charge in [0, 0.05) is 17.3 Å². The second-order valence-corrected chi connectivity index (χ2v) is 6.13. The number of nitrogens with zero attached hydrogens (tertiary/aromatic N) is 1. The molecule has 0 spiro atoms. The quantitative estimate of drug-likeness (QED) is 0.466. The van der Waals surface area contributed by atoms with Crippen molar-refractivity contribution in [1.29, 1.82) is 0 Å². The molecule has 1 aromatic heterocycles. The number of pyridine rings is 1. The van der Waals surface area contributed by atoms with Gasteiger partial charge in [-0.1, -0.05) is 69.6 Å². The first kappa shape index (κ1) is 16.9. The fourth-order valence-electron chi connectivity index (χ4n) is 1.64. The van der Waals surface area contributed by atoms with E-state index in [0.717, 1.165) is 0 Å². The summed E-state index contributed by atoms with van der Waals surface area (Å²) >= 11 is 35.9. The maximum Gasteiger partial charge on any atom is 0.355 e. The Morgan fingerprint density at radius 2 is 1.38 bits per heavy atom. The summed E-state index contributed by atoms with van der Waals surface area (Å²) in [6.45, 7) is 0. The van der Waals surface area contributed by atoms with Crippen LogP contribution < -0.4 is 0 Å². The van der Waals surface area contributed by atoms with Crippen molar-refractivity contribution in [3.05, 3.63) is 48.1 Å². The number of carboxylic acids is 1. The molecular weight excluding hydrogens is 403 g/mol. The molecule has 9 heteroatoms. The predicted octanol–water partition coefficient (Wildman–Crippen LogP) is 6.37. The van der Waals surface area contributed by atoms with Crippen molar-refractivity contribution in [2.45, 2.75) is 0 Å². The minimum absolute atomic E-state index is 0.0241. The SMILES string of the molecule is O=C(O)c1ncc(Cl)cc1-c1c(Cl)c(Cl)c(Cl)c(Cl)c1Cl. The van der Waals surface area contributed by atoms with Crippen LogP contribution in [0.1, 0.15) is 10.5 Å². The van der Waals surface area contributed by atoms with Crippen LogP contribution >= 0.6 is 69.6 Å². The number of halogens is 6. The third-order valence-electron chi connectivity index (χ3n) is 2.54. The van der Waals surface area contributed by atoms with Crippen LogP contribution in [0.15, 0.2) is 12.3 Å². The zero-order valence-corrected chi connectivity index (χ0v) is 14.3. The molecule has 0 aliphatic carbocycles. The molecule has 0 aliphatic heterocycles. The van der Waals surface area contributed by atoms with Gasteiger partial charge in [-0.25, -0.2) is 9.78 Å². The maximum atomic E-state index is 11.3. The summed E-state index contributed by atoms with van der Waals surface area (Å²) in [6.07, 6.45) is 1.19. The number of carbonyl (C=O) groups is 1. The first-order valence-electron chi connectivity index (χ1n) is 5.16. The van der Waals surface area contributed by atoms with Gasteiger partial charge in [-0.3, -0.25) is 0 Å². The molecule has 110 valence electrons. The van der Waals surface area contributed by atoms with Crippen LogP contribution in [0.25, 0.3) is 11.1 Å².